The van der Waals surface area contributed by atoms with Gasteiger partial charge in [0.25, 0.3) is 0 Å². The van der Waals surface area contributed by atoms with Gasteiger partial charge in [0.05, 0.1) is 0 Å². The van der Waals surface area contributed by atoms with Crippen LogP contribution in [0.5, 0.6) is 0 Å². The molecule has 0 aliphatic carbocycles. The summed E-state index contributed by atoms with van der Waals surface area (Å²) in [4.78, 5) is 0. The molecule has 0 saturated heterocycles. The minimum Gasteiger partial charge on any atom is -0.371 e. The Labute approximate surface area is 102 Å². The second kappa shape index (κ2) is 7.43. The highest BCUT2D eigenvalue weighted by atomic mass is 28.4. The van der Waals surface area contributed by atoms with E-state index in [4.69, 9.17) is 13.3 Å². The fraction of sp³-hybridized carbons (Fsp3) is 0.833. The highest BCUT2D eigenvalue weighted by molar-refractivity contribution is 6.64. The highest BCUT2D eigenvalue weighted by Crippen LogP contribution is 2.21. The van der Waals surface area contributed by atoms with Crippen molar-refractivity contribution in [3.05, 3.63) is 13.0 Å². The first-order valence-corrected chi connectivity index (χ1v) is 7.78. The quantitative estimate of drug-likeness (QED) is 0.616. The van der Waals surface area contributed by atoms with E-state index >= 15 is 0 Å². The molecule has 0 aromatic rings. The van der Waals surface area contributed by atoms with Crippen molar-refractivity contribution >= 4 is 8.80 Å². The van der Waals surface area contributed by atoms with Crippen LogP contribution >= 0.6 is 0 Å². The maximum Gasteiger partial charge on any atom is 0.505 e. The van der Waals surface area contributed by atoms with Gasteiger partial charge < -0.3 is 13.3 Å². The molecule has 0 rings (SSSR count). The van der Waals surface area contributed by atoms with Crippen molar-refractivity contribution in [3.63, 3.8) is 0 Å². The lowest BCUT2D eigenvalue weighted by Gasteiger charge is -2.34. The van der Waals surface area contributed by atoms with Crippen LogP contribution in [0.1, 0.15) is 48.0 Å². The molecule has 0 aliphatic rings. The van der Waals surface area contributed by atoms with Crippen LogP contribution in [0.2, 0.25) is 0 Å². The highest BCUT2D eigenvalue weighted by Gasteiger charge is 2.43. The van der Waals surface area contributed by atoms with Gasteiger partial charge in [0, 0.05) is 24.4 Å². The molecule has 0 amide bonds. The second-order valence-corrected chi connectivity index (χ2v) is 6.92. The number of hydrogen-bond donors (Lipinski definition) is 0. The van der Waals surface area contributed by atoms with Gasteiger partial charge in [-0.1, -0.05) is 6.92 Å². The Morgan fingerprint density at radius 3 is 1.38 bits per heavy atom. The zero-order chi connectivity index (χ0) is 12.8. The topological polar surface area (TPSA) is 27.7 Å². The Hall–Kier alpha value is 0.0969. The van der Waals surface area contributed by atoms with Crippen molar-refractivity contribution in [2.24, 2.45) is 0 Å². The summed E-state index contributed by atoms with van der Waals surface area (Å²) in [7, 11) is -2.67. The number of rotatable bonds is 8. The molecular formula is C12H26O3Si. The first-order valence-electron chi connectivity index (χ1n) is 5.98. The maximum absolute atomic E-state index is 5.90. The summed E-state index contributed by atoms with van der Waals surface area (Å²) < 4.78 is 17.7. The first-order chi connectivity index (χ1) is 7.31. The molecule has 96 valence electrons. The summed E-state index contributed by atoms with van der Waals surface area (Å²) in [5.41, 5.74) is 0. The Morgan fingerprint density at radius 1 is 0.875 bits per heavy atom. The fourth-order valence-corrected chi connectivity index (χ4v) is 4.17. The van der Waals surface area contributed by atoms with Gasteiger partial charge in [-0.3, -0.25) is 0 Å². The van der Waals surface area contributed by atoms with Crippen molar-refractivity contribution in [3.8, 4) is 0 Å². The van der Waals surface area contributed by atoms with Crippen molar-refractivity contribution in [1.29, 1.82) is 0 Å². The van der Waals surface area contributed by atoms with Crippen LogP contribution in [0.4, 0.5) is 0 Å². The van der Waals surface area contributed by atoms with Crippen LogP contribution in [0.15, 0.2) is 0 Å². The molecule has 2 radical (unpaired) electrons. The summed E-state index contributed by atoms with van der Waals surface area (Å²) in [6, 6.07) is 1.97. The lowest BCUT2D eigenvalue weighted by molar-refractivity contribution is 0.00966. The normalized spacial score (nSPS) is 13.1. The predicted octanol–water partition coefficient (Wildman–Crippen LogP) is 3.17. The number of hydrogen-bond acceptors (Lipinski definition) is 3. The SMILES string of the molecule is [CH2]C[CH][Si](OC(C)C)(OC(C)C)OC(C)C. The molecule has 0 aliphatic heterocycles. The summed E-state index contributed by atoms with van der Waals surface area (Å²) >= 11 is 0. The minimum absolute atomic E-state index is 0.0898. The summed E-state index contributed by atoms with van der Waals surface area (Å²) in [6.07, 6.45) is 0.921. The van der Waals surface area contributed by atoms with E-state index in [-0.39, 0.29) is 18.3 Å². The van der Waals surface area contributed by atoms with Gasteiger partial charge in [-0.25, -0.2) is 0 Å². The van der Waals surface area contributed by atoms with E-state index in [0.29, 0.717) is 6.42 Å². The van der Waals surface area contributed by atoms with E-state index in [9.17, 15) is 0 Å². The molecule has 0 atom stereocenters. The van der Waals surface area contributed by atoms with E-state index in [0.717, 1.165) is 0 Å². The first kappa shape index (κ1) is 16.1. The van der Waals surface area contributed by atoms with E-state index in [1.165, 1.54) is 0 Å². The fourth-order valence-electron chi connectivity index (χ4n) is 1.39. The van der Waals surface area contributed by atoms with Gasteiger partial charge >= 0.3 is 8.80 Å². The molecule has 16 heavy (non-hydrogen) atoms. The largest absolute Gasteiger partial charge is 0.505 e. The molecule has 0 aromatic heterocycles. The second-order valence-electron chi connectivity index (χ2n) is 4.60. The van der Waals surface area contributed by atoms with E-state index in [1.807, 2.05) is 47.6 Å². The Balaban J connectivity index is 4.72. The molecule has 0 fully saturated rings. The molecule has 0 N–H and O–H groups in total. The van der Waals surface area contributed by atoms with E-state index in [1.54, 1.807) is 0 Å². The van der Waals surface area contributed by atoms with E-state index in [2.05, 4.69) is 6.92 Å². The van der Waals surface area contributed by atoms with Crippen LogP contribution < -0.4 is 0 Å². The lowest BCUT2D eigenvalue weighted by Crippen LogP contribution is -2.51. The lowest BCUT2D eigenvalue weighted by atomic mass is 10.5. The summed E-state index contributed by atoms with van der Waals surface area (Å²) in [5, 5.41) is 0. The van der Waals surface area contributed by atoms with Gasteiger partial charge in [0.2, 0.25) is 0 Å². The average molecular weight is 246 g/mol. The standard InChI is InChI=1S/C12H26O3Si/c1-8-9-16(13-10(2)3,14-11(4)5)15-12(6)7/h9-12H,1,8H2,2-7H3. The smallest absolute Gasteiger partial charge is 0.371 e. The van der Waals surface area contributed by atoms with Crippen molar-refractivity contribution in [2.45, 2.75) is 66.3 Å². The Kier molecular flexibility index (Phi) is 7.47. The van der Waals surface area contributed by atoms with Gasteiger partial charge in [-0.2, -0.15) is 0 Å². The van der Waals surface area contributed by atoms with Gasteiger partial charge in [-0.05, 0) is 48.0 Å². The third-order valence-corrected chi connectivity index (χ3v) is 4.78. The molecular weight excluding hydrogens is 220 g/mol. The molecule has 3 nitrogen and oxygen atoms in total. The zero-order valence-electron chi connectivity index (χ0n) is 11.4. The van der Waals surface area contributed by atoms with E-state index < -0.39 is 8.80 Å². The molecule has 0 heterocycles. The maximum atomic E-state index is 5.90. The average Bonchev–Trinajstić information content (AvgIpc) is 1.98. The third-order valence-electron chi connectivity index (χ3n) is 1.59. The minimum atomic E-state index is -2.67. The predicted molar refractivity (Wildman–Crippen MR) is 68.7 cm³/mol. The van der Waals surface area contributed by atoms with Crippen molar-refractivity contribution in [2.75, 3.05) is 0 Å². The monoisotopic (exact) mass is 246 g/mol. The van der Waals surface area contributed by atoms with Crippen LogP contribution in [0.25, 0.3) is 0 Å². The van der Waals surface area contributed by atoms with Crippen molar-refractivity contribution < 1.29 is 13.3 Å². The summed E-state index contributed by atoms with van der Waals surface area (Å²) in [6.45, 7) is 15.8. The van der Waals surface area contributed by atoms with Crippen LogP contribution in [-0.4, -0.2) is 27.1 Å². The van der Waals surface area contributed by atoms with Gasteiger partial charge in [0.1, 0.15) is 0 Å². The molecule has 0 aromatic carbocycles. The van der Waals surface area contributed by atoms with Crippen LogP contribution in [0, 0.1) is 13.0 Å². The molecule has 4 heteroatoms. The Bertz CT molecular complexity index is 155. The molecule has 0 unspecified atom stereocenters. The third kappa shape index (κ3) is 6.63. The van der Waals surface area contributed by atoms with Crippen LogP contribution in [0.3, 0.4) is 0 Å². The molecule has 0 bridgehead atoms. The molecule has 0 spiro atoms. The summed E-state index contributed by atoms with van der Waals surface area (Å²) in [5.74, 6) is 0. The van der Waals surface area contributed by atoms with Crippen LogP contribution in [-0.2, 0) is 13.3 Å². The zero-order valence-corrected chi connectivity index (χ0v) is 12.4. The molecule has 0 saturated carbocycles. The van der Waals surface area contributed by atoms with Gasteiger partial charge in [-0.15, -0.1) is 0 Å². The Morgan fingerprint density at radius 2 is 1.19 bits per heavy atom. The van der Waals surface area contributed by atoms with Gasteiger partial charge in [0.15, 0.2) is 0 Å². The van der Waals surface area contributed by atoms with Crippen molar-refractivity contribution in [1.82, 2.24) is 0 Å².